The number of hydrogen-bond acceptors (Lipinski definition) is 2. The number of benzene rings is 1. The molecule has 1 aromatic rings. The maximum Gasteiger partial charge on any atom is 0.243 e. The minimum absolute atomic E-state index is 0.0340. The lowest BCUT2D eigenvalue weighted by atomic mass is 9.96. The van der Waals surface area contributed by atoms with E-state index in [4.69, 9.17) is 23.2 Å². The molecule has 2 rings (SSSR count). The molecule has 1 saturated heterocycles. The summed E-state index contributed by atoms with van der Waals surface area (Å²) in [5, 5.41) is -0.120. The molecule has 1 aliphatic heterocycles. The van der Waals surface area contributed by atoms with Crippen LogP contribution in [-0.2, 0) is 15.9 Å². The highest BCUT2D eigenvalue weighted by Crippen LogP contribution is 2.31. The van der Waals surface area contributed by atoms with Gasteiger partial charge in [-0.25, -0.2) is 12.8 Å². The third-order valence-corrected chi connectivity index (χ3v) is 6.54. The Morgan fingerprint density at radius 3 is 2.62 bits per heavy atom. The van der Waals surface area contributed by atoms with Gasteiger partial charge in [-0.1, -0.05) is 25.4 Å². The van der Waals surface area contributed by atoms with Crippen molar-refractivity contribution in [3.63, 3.8) is 0 Å². The molecule has 0 aliphatic carbocycles. The van der Waals surface area contributed by atoms with Crippen LogP contribution in [0, 0.1) is 17.7 Å². The standard InChI is InChI=1S/C14H18Cl2FNO2S/c1-9(2)10-3-4-18(8-10)21(19,20)12-5-11(7-15)14(16)13(17)6-12/h5-6,9-10H,3-4,7-8H2,1-2H3. The maximum absolute atomic E-state index is 13.8. The highest BCUT2D eigenvalue weighted by Gasteiger charge is 2.34. The van der Waals surface area contributed by atoms with Crippen LogP contribution < -0.4 is 0 Å². The van der Waals surface area contributed by atoms with Crippen LogP contribution in [0.25, 0.3) is 0 Å². The quantitative estimate of drug-likeness (QED) is 0.770. The summed E-state index contributed by atoms with van der Waals surface area (Å²) in [6.45, 7) is 5.09. The number of halogens is 3. The van der Waals surface area contributed by atoms with E-state index in [0.29, 0.717) is 24.9 Å². The van der Waals surface area contributed by atoms with E-state index in [2.05, 4.69) is 13.8 Å². The molecule has 0 N–H and O–H groups in total. The van der Waals surface area contributed by atoms with Crippen molar-refractivity contribution < 1.29 is 12.8 Å². The zero-order valence-electron chi connectivity index (χ0n) is 11.9. The zero-order chi connectivity index (χ0) is 15.8. The van der Waals surface area contributed by atoms with Gasteiger partial charge in [-0.05, 0) is 36.0 Å². The van der Waals surface area contributed by atoms with Crippen molar-refractivity contribution >= 4 is 33.2 Å². The lowest BCUT2D eigenvalue weighted by molar-refractivity contribution is 0.388. The predicted octanol–water partition coefficient (Wildman–Crippen LogP) is 3.88. The van der Waals surface area contributed by atoms with Crippen molar-refractivity contribution in [1.29, 1.82) is 0 Å². The fourth-order valence-corrected chi connectivity index (χ4v) is 4.56. The van der Waals surface area contributed by atoms with Crippen LogP contribution in [0.15, 0.2) is 17.0 Å². The Balaban J connectivity index is 2.35. The summed E-state index contributed by atoms with van der Waals surface area (Å²) in [6.07, 6.45) is 0.829. The monoisotopic (exact) mass is 353 g/mol. The molecule has 1 aromatic carbocycles. The number of sulfonamides is 1. The smallest absolute Gasteiger partial charge is 0.207 e. The first-order valence-electron chi connectivity index (χ1n) is 6.81. The minimum Gasteiger partial charge on any atom is -0.207 e. The molecule has 1 heterocycles. The highest BCUT2D eigenvalue weighted by atomic mass is 35.5. The summed E-state index contributed by atoms with van der Waals surface area (Å²) in [7, 11) is -3.70. The summed E-state index contributed by atoms with van der Waals surface area (Å²) in [5.41, 5.74) is 0.288. The van der Waals surface area contributed by atoms with Crippen molar-refractivity contribution in [3.8, 4) is 0 Å². The van der Waals surface area contributed by atoms with Gasteiger partial charge in [0.15, 0.2) is 0 Å². The predicted molar refractivity (Wildman–Crippen MR) is 82.7 cm³/mol. The minimum atomic E-state index is -3.70. The SMILES string of the molecule is CC(C)C1CCN(S(=O)(=O)c2cc(F)c(Cl)c(CCl)c2)C1. The van der Waals surface area contributed by atoms with Crippen molar-refractivity contribution in [1.82, 2.24) is 4.31 Å². The normalized spacial score (nSPS) is 20.4. The second kappa shape index (κ2) is 6.41. The number of hydrogen-bond donors (Lipinski definition) is 0. The molecular weight excluding hydrogens is 336 g/mol. The Kier molecular flexibility index (Phi) is 5.19. The van der Waals surface area contributed by atoms with Crippen molar-refractivity contribution in [2.45, 2.75) is 31.0 Å². The van der Waals surface area contributed by atoms with Gasteiger partial charge in [0, 0.05) is 19.0 Å². The molecule has 7 heteroatoms. The van der Waals surface area contributed by atoms with E-state index in [0.717, 1.165) is 12.5 Å². The molecule has 0 bridgehead atoms. The Morgan fingerprint density at radius 1 is 1.43 bits per heavy atom. The summed E-state index contributed by atoms with van der Waals surface area (Å²) in [4.78, 5) is -0.0792. The van der Waals surface area contributed by atoms with Crippen molar-refractivity contribution in [3.05, 3.63) is 28.5 Å². The third kappa shape index (κ3) is 3.36. The molecule has 1 atom stereocenters. The number of rotatable bonds is 4. The van der Waals surface area contributed by atoms with Gasteiger partial charge >= 0.3 is 0 Å². The molecule has 0 amide bonds. The molecule has 3 nitrogen and oxygen atoms in total. The average Bonchev–Trinajstić information content (AvgIpc) is 2.92. The van der Waals surface area contributed by atoms with Gasteiger partial charge in [0.05, 0.1) is 9.92 Å². The summed E-state index contributed by atoms with van der Waals surface area (Å²) in [5.74, 6) is -0.0312. The second-order valence-electron chi connectivity index (χ2n) is 5.67. The Morgan fingerprint density at radius 2 is 2.10 bits per heavy atom. The second-order valence-corrected chi connectivity index (χ2v) is 8.25. The Labute approximate surface area is 135 Å². The van der Waals surface area contributed by atoms with E-state index in [-0.39, 0.29) is 21.4 Å². The summed E-state index contributed by atoms with van der Waals surface area (Å²) < 4.78 is 40.4. The largest absolute Gasteiger partial charge is 0.243 e. The maximum atomic E-state index is 13.8. The average molecular weight is 354 g/mol. The number of alkyl halides is 1. The Hall–Kier alpha value is -0.360. The van der Waals surface area contributed by atoms with Gasteiger partial charge < -0.3 is 0 Å². The van der Waals surface area contributed by atoms with E-state index in [9.17, 15) is 12.8 Å². The van der Waals surface area contributed by atoms with Crippen LogP contribution in [0.5, 0.6) is 0 Å². The Bertz CT molecular complexity index is 634. The first-order chi connectivity index (χ1) is 9.77. The molecule has 1 unspecified atom stereocenters. The van der Waals surface area contributed by atoms with Crippen LogP contribution in [0.2, 0.25) is 5.02 Å². The van der Waals surface area contributed by atoms with Crippen LogP contribution in [0.3, 0.4) is 0 Å². The molecule has 1 aliphatic rings. The van der Waals surface area contributed by atoms with Gasteiger partial charge in [-0.2, -0.15) is 4.31 Å². The molecule has 118 valence electrons. The van der Waals surface area contributed by atoms with E-state index in [1.807, 2.05) is 0 Å². The first kappa shape index (κ1) is 17.0. The topological polar surface area (TPSA) is 37.4 Å². The molecule has 0 radical (unpaired) electrons. The molecule has 0 saturated carbocycles. The lowest BCUT2D eigenvalue weighted by Gasteiger charge is -2.19. The summed E-state index contributed by atoms with van der Waals surface area (Å²) in [6, 6.07) is 2.33. The van der Waals surface area contributed by atoms with Crippen molar-refractivity contribution in [2.24, 2.45) is 11.8 Å². The molecule has 21 heavy (non-hydrogen) atoms. The first-order valence-corrected chi connectivity index (χ1v) is 9.16. The van der Waals surface area contributed by atoms with Crippen molar-refractivity contribution in [2.75, 3.05) is 13.1 Å². The molecular formula is C14H18Cl2FNO2S. The van der Waals surface area contributed by atoms with Gasteiger partial charge in [0.1, 0.15) is 5.82 Å². The van der Waals surface area contributed by atoms with Gasteiger partial charge in [-0.3, -0.25) is 0 Å². The van der Waals surface area contributed by atoms with Crippen LogP contribution in [0.1, 0.15) is 25.8 Å². The van der Waals surface area contributed by atoms with Gasteiger partial charge in [0.25, 0.3) is 0 Å². The fraction of sp³-hybridized carbons (Fsp3) is 0.571. The molecule has 0 aromatic heterocycles. The van der Waals surface area contributed by atoms with Crippen LogP contribution in [0.4, 0.5) is 4.39 Å². The van der Waals surface area contributed by atoms with Gasteiger partial charge in [-0.15, -0.1) is 11.6 Å². The summed E-state index contributed by atoms with van der Waals surface area (Å²) >= 11 is 11.5. The molecule has 1 fully saturated rings. The fourth-order valence-electron chi connectivity index (χ4n) is 2.53. The van der Waals surface area contributed by atoms with E-state index in [1.165, 1.54) is 10.4 Å². The zero-order valence-corrected chi connectivity index (χ0v) is 14.3. The van der Waals surface area contributed by atoms with E-state index in [1.54, 1.807) is 0 Å². The van der Waals surface area contributed by atoms with Crippen LogP contribution in [-0.4, -0.2) is 25.8 Å². The number of nitrogens with zero attached hydrogens (tertiary/aromatic N) is 1. The molecule has 0 spiro atoms. The van der Waals surface area contributed by atoms with E-state index < -0.39 is 15.8 Å². The lowest BCUT2D eigenvalue weighted by Crippen LogP contribution is -2.29. The van der Waals surface area contributed by atoms with Crippen LogP contribution >= 0.6 is 23.2 Å². The highest BCUT2D eigenvalue weighted by molar-refractivity contribution is 7.89. The van der Waals surface area contributed by atoms with E-state index >= 15 is 0 Å². The third-order valence-electron chi connectivity index (χ3n) is 3.99. The van der Waals surface area contributed by atoms with Gasteiger partial charge in [0.2, 0.25) is 10.0 Å².